The minimum Gasteiger partial charge on any atom is -0.497 e. The van der Waals surface area contributed by atoms with E-state index in [1.807, 2.05) is 0 Å². The van der Waals surface area contributed by atoms with E-state index in [1.165, 1.54) is 13.8 Å². The molecule has 0 saturated heterocycles. The van der Waals surface area contributed by atoms with E-state index in [2.05, 4.69) is 0 Å². The summed E-state index contributed by atoms with van der Waals surface area (Å²) in [7, 11) is 0. The molecule has 0 spiro atoms. The first-order valence-corrected chi connectivity index (χ1v) is 4.06. The molecule has 0 aliphatic carbocycles. The Morgan fingerprint density at radius 2 is 2.08 bits per heavy atom. The van der Waals surface area contributed by atoms with Crippen molar-refractivity contribution in [3.05, 3.63) is 11.3 Å². The molecule has 0 bridgehead atoms. The maximum absolute atomic E-state index is 13.2. The first-order chi connectivity index (χ1) is 5.93. The molecule has 13 heavy (non-hydrogen) atoms. The lowest BCUT2D eigenvalue weighted by atomic mass is 10.1. The summed E-state index contributed by atoms with van der Waals surface area (Å²) in [6.07, 6.45) is 0. The number of nitrogens with zero attached hydrogens (tertiary/aromatic N) is 1. The lowest BCUT2D eigenvalue weighted by Crippen LogP contribution is -2.39. The zero-order chi connectivity index (χ0) is 10.1. The van der Waals surface area contributed by atoms with Crippen LogP contribution in [-0.2, 0) is 4.74 Å². The largest absolute Gasteiger partial charge is 0.497 e. The predicted octanol–water partition coefficient (Wildman–Crippen LogP) is 1.64. The van der Waals surface area contributed by atoms with Gasteiger partial charge in [0.2, 0.25) is 0 Å². The Kier molecular flexibility index (Phi) is 2.87. The minimum absolute atomic E-state index is 0.0974. The monoisotopic (exact) mass is 193 g/mol. The Morgan fingerprint density at radius 1 is 1.46 bits per heavy atom. The van der Waals surface area contributed by atoms with Crippen LogP contribution in [0.25, 0.3) is 0 Å². The average molecular weight is 193 g/mol. The lowest BCUT2D eigenvalue weighted by molar-refractivity contribution is -0.154. The van der Waals surface area contributed by atoms with Crippen molar-refractivity contribution >= 4 is 0 Å². The molecule has 0 aromatic carbocycles. The molecule has 0 radical (unpaired) electrons. The van der Waals surface area contributed by atoms with Crippen LogP contribution in [-0.4, -0.2) is 35.9 Å². The highest BCUT2D eigenvalue weighted by Crippen LogP contribution is 2.28. The molecular weight excluding hydrogens is 180 g/mol. The van der Waals surface area contributed by atoms with Gasteiger partial charge in [-0.25, -0.2) is 8.78 Å². The predicted molar refractivity (Wildman–Crippen MR) is 42.6 cm³/mol. The summed E-state index contributed by atoms with van der Waals surface area (Å²) in [6, 6.07) is 0. The first kappa shape index (κ1) is 10.4. The molecule has 0 aromatic rings. The second-order valence-corrected chi connectivity index (χ2v) is 3.12. The summed E-state index contributed by atoms with van der Waals surface area (Å²) in [4.78, 5) is 0. The number of hydrogen-bond donors (Lipinski definition) is 1. The Bertz CT molecular complexity index is 228. The summed E-state index contributed by atoms with van der Waals surface area (Å²) < 4.78 is 31.4. The number of hydroxylamine groups is 2. The fourth-order valence-electron chi connectivity index (χ4n) is 1.10. The van der Waals surface area contributed by atoms with Crippen LogP contribution in [0.4, 0.5) is 8.78 Å². The lowest BCUT2D eigenvalue weighted by Gasteiger charge is -2.27. The third-order valence-corrected chi connectivity index (χ3v) is 2.13. The van der Waals surface area contributed by atoms with Gasteiger partial charge in [-0.05, 0) is 13.8 Å². The Hall–Kier alpha value is -0.680. The van der Waals surface area contributed by atoms with E-state index in [0.29, 0.717) is 5.06 Å². The number of halogens is 2. The van der Waals surface area contributed by atoms with Gasteiger partial charge in [0, 0.05) is 5.57 Å². The van der Waals surface area contributed by atoms with E-state index >= 15 is 0 Å². The molecule has 1 heterocycles. The number of rotatable bonds is 0. The van der Waals surface area contributed by atoms with E-state index in [4.69, 9.17) is 9.94 Å². The maximum Gasteiger partial charge on any atom is 0.287 e. The van der Waals surface area contributed by atoms with Crippen molar-refractivity contribution in [2.45, 2.75) is 19.8 Å². The highest BCUT2D eigenvalue weighted by atomic mass is 19.3. The summed E-state index contributed by atoms with van der Waals surface area (Å²) in [5.74, 6) is -2.77. The zero-order valence-corrected chi connectivity index (χ0v) is 7.68. The molecule has 0 atom stereocenters. The van der Waals surface area contributed by atoms with Gasteiger partial charge in [-0.2, -0.15) is 5.06 Å². The molecule has 0 amide bonds. The van der Waals surface area contributed by atoms with Gasteiger partial charge in [-0.3, -0.25) is 0 Å². The van der Waals surface area contributed by atoms with Crippen molar-refractivity contribution in [3.8, 4) is 0 Å². The quantitative estimate of drug-likeness (QED) is 0.634. The van der Waals surface area contributed by atoms with Crippen LogP contribution >= 0.6 is 0 Å². The third-order valence-electron chi connectivity index (χ3n) is 2.13. The molecule has 1 aliphatic rings. The van der Waals surface area contributed by atoms with Crippen LogP contribution in [0.5, 0.6) is 0 Å². The van der Waals surface area contributed by atoms with Crippen molar-refractivity contribution < 1.29 is 18.7 Å². The van der Waals surface area contributed by atoms with E-state index in [1.54, 1.807) is 0 Å². The number of alkyl halides is 2. The van der Waals surface area contributed by atoms with E-state index in [-0.39, 0.29) is 24.5 Å². The van der Waals surface area contributed by atoms with Gasteiger partial charge >= 0.3 is 0 Å². The van der Waals surface area contributed by atoms with Crippen molar-refractivity contribution in [3.63, 3.8) is 0 Å². The van der Waals surface area contributed by atoms with Gasteiger partial charge < -0.3 is 9.94 Å². The molecular formula is C8H13F2NO2. The number of ether oxygens (including phenoxy) is 1. The van der Waals surface area contributed by atoms with Gasteiger partial charge in [0.1, 0.15) is 6.61 Å². The Balaban J connectivity index is 2.89. The third kappa shape index (κ3) is 2.38. The molecule has 1 rings (SSSR count). The number of allylic oxidation sites excluding steroid dienone is 1. The molecule has 0 unspecified atom stereocenters. The van der Waals surface area contributed by atoms with Gasteiger partial charge in [-0.1, -0.05) is 0 Å². The van der Waals surface area contributed by atoms with Crippen molar-refractivity contribution in [2.24, 2.45) is 0 Å². The van der Waals surface area contributed by atoms with Crippen LogP contribution in [0.1, 0.15) is 13.8 Å². The maximum atomic E-state index is 13.2. The molecule has 5 heteroatoms. The van der Waals surface area contributed by atoms with Crippen LogP contribution in [0, 0.1) is 0 Å². The standard InChI is InChI=1S/C8H13F2NO2/c1-6-7(2)13-4-3-11(12)5-8(6,9)10/h12H,3-5H2,1-2H3/b7-6-. The molecule has 0 saturated carbocycles. The molecule has 1 aliphatic heterocycles. The minimum atomic E-state index is -3.01. The smallest absolute Gasteiger partial charge is 0.287 e. The van der Waals surface area contributed by atoms with Crippen LogP contribution in [0.3, 0.4) is 0 Å². The summed E-state index contributed by atoms with van der Waals surface area (Å²) in [6.45, 7) is 2.49. The molecule has 3 nitrogen and oxygen atoms in total. The highest BCUT2D eigenvalue weighted by molar-refractivity contribution is 5.14. The summed E-state index contributed by atoms with van der Waals surface area (Å²) >= 11 is 0. The molecule has 76 valence electrons. The second kappa shape index (κ2) is 3.59. The van der Waals surface area contributed by atoms with Crippen molar-refractivity contribution in [1.82, 2.24) is 5.06 Å². The Labute approximate surface area is 75.6 Å². The zero-order valence-electron chi connectivity index (χ0n) is 7.68. The summed E-state index contributed by atoms with van der Waals surface area (Å²) in [5, 5.41) is 9.58. The van der Waals surface area contributed by atoms with Crippen LogP contribution < -0.4 is 0 Å². The fourth-order valence-corrected chi connectivity index (χ4v) is 1.10. The van der Waals surface area contributed by atoms with E-state index in [9.17, 15) is 8.78 Å². The first-order valence-electron chi connectivity index (χ1n) is 4.06. The fraction of sp³-hybridized carbons (Fsp3) is 0.750. The van der Waals surface area contributed by atoms with Gasteiger partial charge in [-0.15, -0.1) is 0 Å². The second-order valence-electron chi connectivity index (χ2n) is 3.12. The van der Waals surface area contributed by atoms with Crippen molar-refractivity contribution in [2.75, 3.05) is 19.7 Å². The van der Waals surface area contributed by atoms with E-state index in [0.717, 1.165) is 0 Å². The van der Waals surface area contributed by atoms with Gasteiger partial charge in [0.25, 0.3) is 5.92 Å². The average Bonchev–Trinajstić information content (AvgIpc) is 2.00. The Morgan fingerprint density at radius 3 is 2.69 bits per heavy atom. The van der Waals surface area contributed by atoms with Crippen LogP contribution in [0.15, 0.2) is 11.3 Å². The molecule has 0 aromatic heterocycles. The summed E-state index contributed by atoms with van der Waals surface area (Å²) in [5.41, 5.74) is -0.119. The SMILES string of the molecule is C/C1=C(\C)C(F)(F)CN(O)CCO1. The molecule has 0 fully saturated rings. The van der Waals surface area contributed by atoms with Gasteiger partial charge in [0.05, 0.1) is 18.8 Å². The normalized spacial score (nSPS) is 30.5. The van der Waals surface area contributed by atoms with Crippen molar-refractivity contribution in [1.29, 1.82) is 0 Å². The highest BCUT2D eigenvalue weighted by Gasteiger charge is 2.36. The van der Waals surface area contributed by atoms with Crippen LogP contribution in [0.2, 0.25) is 0 Å². The number of hydrogen-bond acceptors (Lipinski definition) is 3. The topological polar surface area (TPSA) is 32.7 Å². The van der Waals surface area contributed by atoms with Gasteiger partial charge in [0.15, 0.2) is 0 Å². The van der Waals surface area contributed by atoms with E-state index < -0.39 is 12.5 Å². The molecule has 1 N–H and O–H groups in total.